The third-order valence-corrected chi connectivity index (χ3v) is 5.72. The van der Waals surface area contributed by atoms with Gasteiger partial charge in [-0.3, -0.25) is 9.59 Å². The molecule has 1 saturated carbocycles. The summed E-state index contributed by atoms with van der Waals surface area (Å²) in [5.41, 5.74) is 9.26. The van der Waals surface area contributed by atoms with Gasteiger partial charge in [0.15, 0.2) is 0 Å². The van der Waals surface area contributed by atoms with Gasteiger partial charge in [0.1, 0.15) is 0 Å². The lowest BCUT2D eigenvalue weighted by atomic mass is 10.0. The Hall–Kier alpha value is -3.12. The molecule has 0 atom stereocenters. The molecule has 1 aromatic heterocycles. The van der Waals surface area contributed by atoms with Gasteiger partial charge in [-0.15, -0.1) is 0 Å². The van der Waals surface area contributed by atoms with Crippen LogP contribution in [-0.4, -0.2) is 48.0 Å². The van der Waals surface area contributed by atoms with Crippen LogP contribution in [0.2, 0.25) is 0 Å². The zero-order chi connectivity index (χ0) is 20.0. The number of carbonyl (C=O) groups is 2. The van der Waals surface area contributed by atoms with E-state index < -0.39 is 5.91 Å². The Bertz CT molecular complexity index is 1150. The second-order valence-corrected chi connectivity index (χ2v) is 7.84. The highest BCUT2D eigenvalue weighted by Crippen LogP contribution is 2.33. The van der Waals surface area contributed by atoms with Gasteiger partial charge in [-0.05, 0) is 48.6 Å². The van der Waals surface area contributed by atoms with Gasteiger partial charge >= 0.3 is 0 Å². The van der Waals surface area contributed by atoms with E-state index in [1.807, 2.05) is 29.2 Å². The van der Waals surface area contributed by atoms with Crippen molar-refractivity contribution >= 4 is 39.7 Å². The van der Waals surface area contributed by atoms with E-state index in [1.165, 1.54) is 12.8 Å². The number of aromatic amines is 1. The average molecular weight is 389 g/mol. The summed E-state index contributed by atoms with van der Waals surface area (Å²) < 4.78 is 5.33. The molecule has 2 aliphatic rings. The van der Waals surface area contributed by atoms with Gasteiger partial charge in [0.05, 0.1) is 24.3 Å². The van der Waals surface area contributed by atoms with E-state index in [0.717, 1.165) is 21.9 Å². The molecule has 1 aliphatic heterocycles. The highest BCUT2D eigenvalue weighted by atomic mass is 16.5. The van der Waals surface area contributed by atoms with E-state index in [9.17, 15) is 9.59 Å². The van der Waals surface area contributed by atoms with E-state index in [2.05, 4.69) is 23.2 Å². The lowest BCUT2D eigenvalue weighted by Gasteiger charge is -2.26. The van der Waals surface area contributed by atoms with Crippen LogP contribution in [-0.2, 0) is 4.74 Å². The van der Waals surface area contributed by atoms with Crippen LogP contribution < -0.4 is 5.73 Å². The first kappa shape index (κ1) is 17.9. The van der Waals surface area contributed by atoms with Crippen molar-refractivity contribution in [2.45, 2.75) is 12.8 Å². The van der Waals surface area contributed by atoms with Crippen molar-refractivity contribution < 1.29 is 14.3 Å². The van der Waals surface area contributed by atoms with Crippen molar-refractivity contribution in [3.8, 4) is 0 Å². The molecule has 0 unspecified atom stereocenters. The number of aromatic nitrogens is 1. The molecule has 1 saturated heterocycles. The number of nitrogens with two attached hydrogens (primary N) is 1. The first-order valence-corrected chi connectivity index (χ1v) is 10.0. The van der Waals surface area contributed by atoms with E-state index in [0.29, 0.717) is 48.9 Å². The van der Waals surface area contributed by atoms with Crippen molar-refractivity contribution in [2.75, 3.05) is 26.3 Å². The summed E-state index contributed by atoms with van der Waals surface area (Å²) in [6, 6.07) is 9.56. The lowest BCUT2D eigenvalue weighted by molar-refractivity contribution is 0.0303. The molecular formula is C23H23N3O3. The fourth-order valence-electron chi connectivity index (χ4n) is 3.94. The van der Waals surface area contributed by atoms with Gasteiger partial charge in [0.2, 0.25) is 0 Å². The van der Waals surface area contributed by atoms with Crippen LogP contribution in [0.3, 0.4) is 0 Å². The third-order valence-electron chi connectivity index (χ3n) is 5.72. The average Bonchev–Trinajstić information content (AvgIpc) is 3.50. The maximum Gasteiger partial charge on any atom is 0.254 e. The Morgan fingerprint density at radius 3 is 2.62 bits per heavy atom. The number of carbonyl (C=O) groups excluding carboxylic acids is 2. The number of amides is 2. The SMILES string of the molecule is NC(=O)c1cc(C=CC2CC2)cc2c1[nH]c1cc(C(=O)N3CCOCC3)ccc12. The predicted octanol–water partition coefficient (Wildman–Crippen LogP) is 3.32. The summed E-state index contributed by atoms with van der Waals surface area (Å²) in [5.74, 6) is 0.185. The summed E-state index contributed by atoms with van der Waals surface area (Å²) in [6.45, 7) is 2.34. The van der Waals surface area contributed by atoms with Crippen molar-refractivity contribution in [1.82, 2.24) is 9.88 Å². The minimum Gasteiger partial charge on any atom is -0.378 e. The Kier molecular flexibility index (Phi) is 4.36. The summed E-state index contributed by atoms with van der Waals surface area (Å²) >= 11 is 0. The van der Waals surface area contributed by atoms with Crippen LogP contribution >= 0.6 is 0 Å². The van der Waals surface area contributed by atoms with Crippen molar-refractivity contribution in [1.29, 1.82) is 0 Å². The molecule has 0 spiro atoms. The van der Waals surface area contributed by atoms with Gasteiger partial charge in [-0.1, -0.05) is 18.2 Å². The monoisotopic (exact) mass is 389 g/mol. The number of rotatable bonds is 4. The fourth-order valence-corrected chi connectivity index (χ4v) is 3.94. The number of morpholine rings is 1. The Labute approximate surface area is 168 Å². The first-order valence-electron chi connectivity index (χ1n) is 10.0. The molecule has 2 aromatic carbocycles. The normalized spacial score (nSPS) is 17.4. The van der Waals surface area contributed by atoms with Crippen molar-refractivity contribution in [3.63, 3.8) is 0 Å². The van der Waals surface area contributed by atoms with Crippen LogP contribution in [0, 0.1) is 5.92 Å². The maximum absolute atomic E-state index is 12.8. The van der Waals surface area contributed by atoms with E-state index in [-0.39, 0.29) is 5.91 Å². The van der Waals surface area contributed by atoms with Crippen LogP contribution in [0.4, 0.5) is 0 Å². The minimum absolute atomic E-state index is 0.00274. The highest BCUT2D eigenvalue weighted by molar-refractivity contribution is 6.16. The Morgan fingerprint density at radius 2 is 1.90 bits per heavy atom. The number of ether oxygens (including phenoxy) is 1. The van der Waals surface area contributed by atoms with Gasteiger partial charge in [0.25, 0.3) is 11.8 Å². The summed E-state index contributed by atoms with van der Waals surface area (Å²) in [4.78, 5) is 30.0. The number of hydrogen-bond acceptors (Lipinski definition) is 3. The number of allylic oxidation sites excluding steroid dienone is 1. The second kappa shape index (κ2) is 7.04. The molecule has 2 heterocycles. The summed E-state index contributed by atoms with van der Waals surface area (Å²) in [5, 5.41) is 1.92. The van der Waals surface area contributed by atoms with Crippen LogP contribution in [0.1, 0.15) is 39.1 Å². The number of H-pyrrole nitrogens is 1. The molecular weight excluding hydrogens is 366 g/mol. The molecule has 3 N–H and O–H groups in total. The standard InChI is InChI=1S/C23H23N3O3/c24-22(27)19-12-15(4-3-14-1-2-14)11-18-17-6-5-16(13-20(17)25-21(18)19)23(28)26-7-9-29-10-8-26/h3-6,11-14,25H,1-2,7-10H2,(H2,24,27). The number of nitrogens with one attached hydrogen (secondary N) is 1. The van der Waals surface area contributed by atoms with Crippen molar-refractivity contribution in [3.05, 3.63) is 53.1 Å². The molecule has 2 amide bonds. The largest absolute Gasteiger partial charge is 0.378 e. The van der Waals surface area contributed by atoms with Gasteiger partial charge in [-0.25, -0.2) is 0 Å². The quantitative estimate of drug-likeness (QED) is 0.717. The molecule has 6 heteroatoms. The lowest BCUT2D eigenvalue weighted by Crippen LogP contribution is -2.40. The van der Waals surface area contributed by atoms with E-state index in [4.69, 9.17) is 10.5 Å². The molecule has 0 bridgehead atoms. The number of primary amides is 1. The molecule has 148 valence electrons. The highest BCUT2D eigenvalue weighted by Gasteiger charge is 2.21. The van der Waals surface area contributed by atoms with Crippen LogP contribution in [0.5, 0.6) is 0 Å². The molecule has 0 radical (unpaired) electrons. The molecule has 1 aliphatic carbocycles. The molecule has 2 fully saturated rings. The smallest absolute Gasteiger partial charge is 0.254 e. The number of benzene rings is 2. The number of fused-ring (bicyclic) bond motifs is 3. The maximum atomic E-state index is 12.8. The zero-order valence-corrected chi connectivity index (χ0v) is 16.1. The Balaban J connectivity index is 1.59. The van der Waals surface area contributed by atoms with Gasteiger partial charge in [0, 0.05) is 34.9 Å². The molecule has 6 nitrogen and oxygen atoms in total. The fraction of sp³-hybridized carbons (Fsp3) is 0.304. The number of nitrogens with zero attached hydrogens (tertiary/aromatic N) is 1. The molecule has 5 rings (SSSR count). The minimum atomic E-state index is -0.465. The second-order valence-electron chi connectivity index (χ2n) is 7.84. The number of hydrogen-bond donors (Lipinski definition) is 2. The first-order chi connectivity index (χ1) is 14.1. The van der Waals surface area contributed by atoms with Crippen LogP contribution in [0.25, 0.3) is 27.9 Å². The zero-order valence-electron chi connectivity index (χ0n) is 16.1. The van der Waals surface area contributed by atoms with E-state index in [1.54, 1.807) is 0 Å². The predicted molar refractivity (Wildman–Crippen MR) is 113 cm³/mol. The summed E-state index contributed by atoms with van der Waals surface area (Å²) in [7, 11) is 0. The molecule has 3 aromatic rings. The third kappa shape index (κ3) is 3.40. The van der Waals surface area contributed by atoms with Gasteiger partial charge in [-0.2, -0.15) is 0 Å². The topological polar surface area (TPSA) is 88.4 Å². The van der Waals surface area contributed by atoms with Crippen molar-refractivity contribution in [2.24, 2.45) is 11.7 Å². The summed E-state index contributed by atoms with van der Waals surface area (Å²) in [6.07, 6.45) is 6.72. The molecule has 29 heavy (non-hydrogen) atoms. The van der Waals surface area contributed by atoms with Crippen LogP contribution in [0.15, 0.2) is 36.4 Å². The van der Waals surface area contributed by atoms with Gasteiger partial charge < -0.3 is 20.4 Å². The van der Waals surface area contributed by atoms with E-state index >= 15 is 0 Å². The Morgan fingerprint density at radius 1 is 1.10 bits per heavy atom.